The van der Waals surface area contributed by atoms with E-state index in [9.17, 15) is 9.59 Å². The lowest BCUT2D eigenvalue weighted by Crippen LogP contribution is -2.44. The summed E-state index contributed by atoms with van der Waals surface area (Å²) in [4.78, 5) is 26.9. The zero-order valence-corrected chi connectivity index (χ0v) is 16.4. The van der Waals surface area contributed by atoms with Crippen molar-refractivity contribution >= 4 is 17.5 Å². The topological polar surface area (TPSA) is 84.7 Å². The molecule has 2 aromatic carbocycles. The molecule has 1 unspecified atom stereocenters. The van der Waals surface area contributed by atoms with Crippen LogP contribution in [-0.2, 0) is 9.59 Å². The van der Waals surface area contributed by atoms with Gasteiger partial charge in [-0.3, -0.25) is 14.5 Å². The Morgan fingerprint density at radius 1 is 1.14 bits per heavy atom. The third-order valence-corrected chi connectivity index (χ3v) is 5.27. The predicted molar refractivity (Wildman–Crippen MR) is 109 cm³/mol. The van der Waals surface area contributed by atoms with E-state index in [2.05, 4.69) is 10.2 Å². The summed E-state index contributed by atoms with van der Waals surface area (Å²) >= 11 is 0. The molecule has 0 spiro atoms. The Bertz CT molecular complexity index is 830. The molecule has 0 aliphatic carbocycles. The quantitative estimate of drug-likeness (QED) is 0.806. The second-order valence-electron chi connectivity index (χ2n) is 7.22. The number of hydrogen-bond donors (Lipinski definition) is 2. The van der Waals surface area contributed by atoms with Crippen LogP contribution in [0.15, 0.2) is 48.5 Å². The zero-order valence-electron chi connectivity index (χ0n) is 16.4. The Morgan fingerprint density at radius 3 is 2.43 bits per heavy atom. The molecule has 1 atom stereocenters. The number of aryl methyl sites for hydroxylation is 1. The molecule has 0 aromatic heterocycles. The minimum atomic E-state index is -0.444. The van der Waals surface area contributed by atoms with Gasteiger partial charge in [0.25, 0.3) is 0 Å². The van der Waals surface area contributed by atoms with Gasteiger partial charge >= 0.3 is 0 Å². The van der Waals surface area contributed by atoms with Gasteiger partial charge in [-0.05, 0) is 56.1 Å². The first-order valence-electron chi connectivity index (χ1n) is 9.53. The molecule has 1 saturated heterocycles. The molecule has 1 fully saturated rings. The van der Waals surface area contributed by atoms with Crippen LogP contribution in [-0.4, -0.2) is 36.9 Å². The minimum absolute atomic E-state index is 0.118. The monoisotopic (exact) mass is 381 g/mol. The zero-order chi connectivity index (χ0) is 20.1. The van der Waals surface area contributed by atoms with Crippen molar-refractivity contribution in [1.29, 1.82) is 0 Å². The molecule has 2 amide bonds. The van der Waals surface area contributed by atoms with Crippen molar-refractivity contribution in [1.82, 2.24) is 4.90 Å². The van der Waals surface area contributed by atoms with Crippen LogP contribution in [0.2, 0.25) is 0 Å². The molecule has 0 bridgehead atoms. The number of nitrogens with zero attached hydrogens (tertiary/aromatic N) is 1. The highest BCUT2D eigenvalue weighted by Gasteiger charge is 2.32. The number of nitrogens with one attached hydrogen (secondary N) is 1. The van der Waals surface area contributed by atoms with Crippen LogP contribution in [0.3, 0.4) is 0 Å². The molecule has 2 aromatic rings. The first-order valence-corrected chi connectivity index (χ1v) is 9.53. The van der Waals surface area contributed by atoms with Crippen molar-refractivity contribution < 1.29 is 14.3 Å². The average molecular weight is 381 g/mol. The molecular weight excluding hydrogens is 354 g/mol. The van der Waals surface area contributed by atoms with E-state index in [1.165, 1.54) is 0 Å². The summed E-state index contributed by atoms with van der Waals surface area (Å²) in [7, 11) is 1.59. The molecular formula is C22H27N3O3. The fraction of sp³-hybridized carbons (Fsp3) is 0.364. The summed E-state index contributed by atoms with van der Waals surface area (Å²) in [6.07, 6.45) is 1.33. The third kappa shape index (κ3) is 4.51. The van der Waals surface area contributed by atoms with E-state index in [0.717, 1.165) is 11.1 Å². The Morgan fingerprint density at radius 2 is 1.82 bits per heavy atom. The SMILES string of the molecule is COc1ccc(C)cc1NC(=O)C(c1ccccc1)N1CCC(C(N)=O)CC1. The summed E-state index contributed by atoms with van der Waals surface area (Å²) in [6, 6.07) is 15.0. The highest BCUT2D eigenvalue weighted by Crippen LogP contribution is 2.31. The van der Waals surface area contributed by atoms with Gasteiger partial charge in [0, 0.05) is 5.92 Å². The molecule has 3 rings (SSSR count). The molecule has 6 heteroatoms. The van der Waals surface area contributed by atoms with Gasteiger partial charge in [0.1, 0.15) is 11.8 Å². The van der Waals surface area contributed by atoms with Crippen molar-refractivity contribution in [2.24, 2.45) is 11.7 Å². The van der Waals surface area contributed by atoms with E-state index in [0.29, 0.717) is 37.4 Å². The van der Waals surface area contributed by atoms with Crippen LogP contribution >= 0.6 is 0 Å². The van der Waals surface area contributed by atoms with Crippen LogP contribution in [0.4, 0.5) is 5.69 Å². The largest absolute Gasteiger partial charge is 0.495 e. The van der Waals surface area contributed by atoms with Gasteiger partial charge in [-0.1, -0.05) is 36.4 Å². The second kappa shape index (κ2) is 8.89. The molecule has 3 N–H and O–H groups in total. The molecule has 6 nitrogen and oxygen atoms in total. The summed E-state index contributed by atoms with van der Waals surface area (Å²) in [5, 5.41) is 3.03. The number of carbonyl (C=O) groups is 2. The summed E-state index contributed by atoms with van der Waals surface area (Å²) in [5.74, 6) is 0.128. The van der Waals surface area contributed by atoms with Crippen molar-refractivity contribution in [3.63, 3.8) is 0 Å². The number of primary amides is 1. The number of rotatable bonds is 6. The van der Waals surface area contributed by atoms with Crippen LogP contribution in [0.25, 0.3) is 0 Å². The number of anilines is 1. The van der Waals surface area contributed by atoms with Crippen LogP contribution in [0, 0.1) is 12.8 Å². The number of nitrogens with two attached hydrogens (primary N) is 1. The number of methoxy groups -OCH3 is 1. The highest BCUT2D eigenvalue weighted by atomic mass is 16.5. The number of piperidine rings is 1. The standard InChI is InChI=1S/C22H27N3O3/c1-15-8-9-19(28-2)18(14-15)24-22(27)20(16-6-4-3-5-7-16)25-12-10-17(11-13-25)21(23)26/h3-9,14,17,20H,10-13H2,1-2H3,(H2,23,26)(H,24,27). The lowest BCUT2D eigenvalue weighted by atomic mass is 9.93. The average Bonchev–Trinajstić information content (AvgIpc) is 2.69. The predicted octanol–water partition coefficient (Wildman–Crippen LogP) is 2.88. The van der Waals surface area contributed by atoms with Crippen molar-refractivity contribution in [2.75, 3.05) is 25.5 Å². The lowest BCUT2D eigenvalue weighted by Gasteiger charge is -2.36. The number of likely N-dealkylation sites (tertiary alicyclic amines) is 1. The normalized spacial score (nSPS) is 16.4. The molecule has 28 heavy (non-hydrogen) atoms. The molecule has 0 radical (unpaired) electrons. The molecule has 1 aliphatic rings. The van der Waals surface area contributed by atoms with Gasteiger partial charge in [0.15, 0.2) is 0 Å². The number of hydrogen-bond acceptors (Lipinski definition) is 4. The Labute approximate surface area is 165 Å². The van der Waals surface area contributed by atoms with Gasteiger partial charge < -0.3 is 15.8 Å². The van der Waals surface area contributed by atoms with Gasteiger partial charge in [-0.25, -0.2) is 0 Å². The van der Waals surface area contributed by atoms with E-state index in [1.807, 2.05) is 55.5 Å². The van der Waals surface area contributed by atoms with Gasteiger partial charge in [0.2, 0.25) is 11.8 Å². The number of amides is 2. The molecule has 1 aliphatic heterocycles. The van der Waals surface area contributed by atoms with E-state index >= 15 is 0 Å². The first kappa shape index (κ1) is 19.9. The molecule has 0 saturated carbocycles. The van der Waals surface area contributed by atoms with E-state index in [-0.39, 0.29) is 17.7 Å². The maximum atomic E-state index is 13.3. The summed E-state index contributed by atoms with van der Waals surface area (Å²) in [5.41, 5.74) is 8.07. The van der Waals surface area contributed by atoms with Crippen molar-refractivity contribution in [2.45, 2.75) is 25.8 Å². The number of ether oxygens (including phenoxy) is 1. The lowest BCUT2D eigenvalue weighted by molar-refractivity contribution is -0.125. The first-order chi connectivity index (χ1) is 13.5. The van der Waals surface area contributed by atoms with Gasteiger partial charge in [0.05, 0.1) is 12.8 Å². The maximum Gasteiger partial charge on any atom is 0.246 e. The van der Waals surface area contributed by atoms with Crippen LogP contribution in [0.1, 0.15) is 30.0 Å². The highest BCUT2D eigenvalue weighted by molar-refractivity contribution is 5.97. The second-order valence-corrected chi connectivity index (χ2v) is 7.22. The summed E-state index contributed by atoms with van der Waals surface area (Å²) < 4.78 is 5.39. The van der Waals surface area contributed by atoms with E-state index in [4.69, 9.17) is 10.5 Å². The van der Waals surface area contributed by atoms with Gasteiger partial charge in [-0.15, -0.1) is 0 Å². The van der Waals surface area contributed by atoms with E-state index in [1.54, 1.807) is 7.11 Å². The minimum Gasteiger partial charge on any atom is -0.495 e. The molecule has 1 heterocycles. The Hall–Kier alpha value is -2.86. The summed E-state index contributed by atoms with van der Waals surface area (Å²) in [6.45, 7) is 3.26. The fourth-order valence-electron chi connectivity index (χ4n) is 3.73. The smallest absolute Gasteiger partial charge is 0.246 e. The number of benzene rings is 2. The maximum absolute atomic E-state index is 13.3. The van der Waals surface area contributed by atoms with Gasteiger partial charge in [-0.2, -0.15) is 0 Å². The third-order valence-electron chi connectivity index (χ3n) is 5.27. The Balaban J connectivity index is 1.85. The fourth-order valence-corrected chi connectivity index (χ4v) is 3.73. The van der Waals surface area contributed by atoms with Crippen molar-refractivity contribution in [3.8, 4) is 5.75 Å². The van der Waals surface area contributed by atoms with Crippen LogP contribution < -0.4 is 15.8 Å². The molecule has 148 valence electrons. The van der Waals surface area contributed by atoms with Crippen molar-refractivity contribution in [3.05, 3.63) is 59.7 Å². The number of carbonyl (C=O) groups excluding carboxylic acids is 2. The Kier molecular flexibility index (Phi) is 6.31. The van der Waals surface area contributed by atoms with Crippen LogP contribution in [0.5, 0.6) is 5.75 Å². The van der Waals surface area contributed by atoms with E-state index < -0.39 is 6.04 Å².